The van der Waals surface area contributed by atoms with Gasteiger partial charge in [0.2, 0.25) is 5.76 Å². The van der Waals surface area contributed by atoms with Crippen molar-refractivity contribution in [1.82, 2.24) is 0 Å². The second-order valence-electron chi connectivity index (χ2n) is 8.08. The lowest BCUT2D eigenvalue weighted by molar-refractivity contribution is -0.137. The Morgan fingerprint density at radius 2 is 1.74 bits per heavy atom. The number of aryl methyl sites for hydroxylation is 1. The predicted molar refractivity (Wildman–Crippen MR) is 120 cm³/mol. The Bertz CT molecular complexity index is 1510. The van der Waals surface area contributed by atoms with Crippen molar-refractivity contribution in [3.8, 4) is 5.75 Å². The van der Waals surface area contributed by atoms with Crippen LogP contribution in [-0.4, -0.2) is 13.0 Å². The average Bonchev–Trinajstić information content (AvgIpc) is 3.12. The number of hydrogen-bond acceptors (Lipinski definition) is 4. The molecule has 5 nitrogen and oxygen atoms in total. The highest BCUT2D eigenvalue weighted by molar-refractivity contribution is 6.10. The fourth-order valence-electron chi connectivity index (χ4n) is 4.31. The van der Waals surface area contributed by atoms with Gasteiger partial charge in [-0.2, -0.15) is 13.2 Å². The first-order valence-electron chi connectivity index (χ1n) is 10.4. The standard InChI is InChI=1S/C26H18F3NO4/c1-14-9-10-20-19(11-14)23(31)21-22(15-5-3-8-18(12-15)33-2)30(25(32)24(21)34-20)17-7-4-6-16(13-17)26(27,28)29/h3-13,22H,1-2H3. The van der Waals surface area contributed by atoms with E-state index < -0.39 is 29.1 Å². The molecule has 0 N–H and O–H groups in total. The molecular formula is C26H18F3NO4. The molecule has 0 saturated heterocycles. The van der Waals surface area contributed by atoms with Gasteiger partial charge in [-0.25, -0.2) is 0 Å². The highest BCUT2D eigenvalue weighted by atomic mass is 19.4. The molecule has 0 saturated carbocycles. The molecule has 1 atom stereocenters. The van der Waals surface area contributed by atoms with E-state index in [1.54, 1.807) is 42.5 Å². The lowest BCUT2D eigenvalue weighted by Gasteiger charge is -2.26. The van der Waals surface area contributed by atoms with Crippen LogP contribution in [0.25, 0.3) is 11.0 Å². The zero-order valence-corrected chi connectivity index (χ0v) is 18.1. The zero-order chi connectivity index (χ0) is 24.2. The van der Waals surface area contributed by atoms with E-state index in [1.165, 1.54) is 24.1 Å². The average molecular weight is 465 g/mol. The third kappa shape index (κ3) is 3.42. The van der Waals surface area contributed by atoms with Crippen LogP contribution in [0.2, 0.25) is 0 Å². The fourth-order valence-corrected chi connectivity index (χ4v) is 4.31. The van der Waals surface area contributed by atoms with Crippen molar-refractivity contribution >= 4 is 22.6 Å². The first kappa shape index (κ1) is 21.8. The molecule has 0 bridgehead atoms. The topological polar surface area (TPSA) is 59.8 Å². The maximum Gasteiger partial charge on any atom is 0.416 e. The quantitative estimate of drug-likeness (QED) is 0.379. The Morgan fingerprint density at radius 1 is 0.971 bits per heavy atom. The summed E-state index contributed by atoms with van der Waals surface area (Å²) in [5.41, 5.74) is 0.333. The van der Waals surface area contributed by atoms with E-state index in [-0.39, 0.29) is 22.6 Å². The summed E-state index contributed by atoms with van der Waals surface area (Å²) in [7, 11) is 1.47. The number of carbonyl (C=O) groups excluding carboxylic acids is 1. The number of ether oxygens (including phenoxy) is 1. The van der Waals surface area contributed by atoms with Crippen molar-refractivity contribution in [3.05, 3.63) is 105 Å². The van der Waals surface area contributed by atoms with Crippen LogP contribution in [-0.2, 0) is 6.18 Å². The number of hydrogen-bond donors (Lipinski definition) is 0. The molecular weight excluding hydrogens is 447 g/mol. The van der Waals surface area contributed by atoms with Gasteiger partial charge >= 0.3 is 6.18 Å². The van der Waals surface area contributed by atoms with E-state index in [1.807, 2.05) is 6.92 Å². The van der Waals surface area contributed by atoms with Crippen molar-refractivity contribution in [3.63, 3.8) is 0 Å². The van der Waals surface area contributed by atoms with Gasteiger partial charge in [-0.05, 0) is 55.0 Å². The summed E-state index contributed by atoms with van der Waals surface area (Å²) in [4.78, 5) is 28.3. The predicted octanol–water partition coefficient (Wildman–Crippen LogP) is 5.88. The Hall–Kier alpha value is -4.07. The highest BCUT2D eigenvalue weighted by Gasteiger charge is 2.44. The second-order valence-corrected chi connectivity index (χ2v) is 8.08. The zero-order valence-electron chi connectivity index (χ0n) is 18.1. The molecule has 1 amide bonds. The SMILES string of the molecule is COc1cccc(C2c3c(oc4ccc(C)cc4c3=O)C(=O)N2c2cccc(C(F)(F)F)c2)c1. The number of anilines is 1. The number of amides is 1. The van der Waals surface area contributed by atoms with Crippen LogP contribution in [0.3, 0.4) is 0 Å². The molecule has 0 spiro atoms. The molecule has 1 aromatic heterocycles. The Labute approximate surface area is 192 Å². The van der Waals surface area contributed by atoms with Gasteiger partial charge < -0.3 is 9.15 Å². The molecule has 2 heterocycles. The maximum atomic E-state index is 13.6. The van der Waals surface area contributed by atoms with Gasteiger partial charge in [0.05, 0.1) is 29.7 Å². The first-order chi connectivity index (χ1) is 16.2. The highest BCUT2D eigenvalue weighted by Crippen LogP contribution is 2.43. The third-order valence-electron chi connectivity index (χ3n) is 5.89. The minimum Gasteiger partial charge on any atom is -0.497 e. The van der Waals surface area contributed by atoms with Crippen LogP contribution in [0.5, 0.6) is 5.75 Å². The monoisotopic (exact) mass is 465 g/mol. The maximum absolute atomic E-state index is 13.6. The number of alkyl halides is 3. The van der Waals surface area contributed by atoms with Gasteiger partial charge in [0.1, 0.15) is 11.3 Å². The van der Waals surface area contributed by atoms with Gasteiger partial charge in [-0.3, -0.25) is 14.5 Å². The van der Waals surface area contributed by atoms with E-state index in [9.17, 15) is 22.8 Å². The number of halogens is 3. The van der Waals surface area contributed by atoms with Gasteiger partial charge in [0, 0.05) is 5.69 Å². The number of benzene rings is 3. The summed E-state index contributed by atoms with van der Waals surface area (Å²) in [6, 6.07) is 15.2. The largest absolute Gasteiger partial charge is 0.497 e. The number of carbonyl (C=O) groups is 1. The van der Waals surface area contributed by atoms with Crippen LogP contribution in [0, 0.1) is 6.92 Å². The van der Waals surface area contributed by atoms with Crippen LogP contribution in [0.15, 0.2) is 75.9 Å². The van der Waals surface area contributed by atoms with Crippen molar-refractivity contribution in [1.29, 1.82) is 0 Å². The Morgan fingerprint density at radius 3 is 2.47 bits per heavy atom. The summed E-state index contributed by atoms with van der Waals surface area (Å²) in [6.07, 6.45) is -4.60. The second kappa shape index (κ2) is 7.76. The lowest BCUT2D eigenvalue weighted by Crippen LogP contribution is -2.29. The first-order valence-corrected chi connectivity index (χ1v) is 10.4. The minimum absolute atomic E-state index is 0.00122. The van der Waals surface area contributed by atoms with Crippen molar-refractivity contribution < 1.29 is 27.1 Å². The van der Waals surface area contributed by atoms with E-state index in [0.717, 1.165) is 17.7 Å². The van der Waals surface area contributed by atoms with E-state index in [0.29, 0.717) is 16.7 Å². The molecule has 0 fully saturated rings. The number of methoxy groups -OCH3 is 1. The van der Waals surface area contributed by atoms with Crippen molar-refractivity contribution in [2.24, 2.45) is 0 Å². The van der Waals surface area contributed by atoms with Crippen molar-refractivity contribution in [2.45, 2.75) is 19.1 Å². The van der Waals surface area contributed by atoms with Crippen molar-refractivity contribution in [2.75, 3.05) is 12.0 Å². The summed E-state index contributed by atoms with van der Waals surface area (Å²) in [6.45, 7) is 1.83. The van der Waals surface area contributed by atoms with Crippen LogP contribution >= 0.6 is 0 Å². The molecule has 1 unspecified atom stereocenters. The van der Waals surface area contributed by atoms with E-state index >= 15 is 0 Å². The van der Waals surface area contributed by atoms with Gasteiger partial charge in [-0.15, -0.1) is 0 Å². The van der Waals surface area contributed by atoms with E-state index in [4.69, 9.17) is 9.15 Å². The summed E-state index contributed by atoms with van der Waals surface area (Å²) < 4.78 is 51.5. The van der Waals surface area contributed by atoms with Gasteiger partial charge in [0.15, 0.2) is 5.43 Å². The van der Waals surface area contributed by atoms with Gasteiger partial charge in [-0.1, -0.05) is 29.8 Å². The Balaban J connectivity index is 1.80. The third-order valence-corrected chi connectivity index (χ3v) is 5.89. The van der Waals surface area contributed by atoms with Crippen LogP contribution < -0.4 is 15.1 Å². The molecule has 1 aliphatic heterocycles. The molecule has 34 heavy (non-hydrogen) atoms. The fraction of sp³-hybridized carbons (Fsp3) is 0.154. The minimum atomic E-state index is -4.60. The van der Waals surface area contributed by atoms with Crippen LogP contribution in [0.1, 0.15) is 38.9 Å². The smallest absolute Gasteiger partial charge is 0.416 e. The Kier molecular flexibility index (Phi) is 4.97. The number of rotatable bonds is 3. The number of nitrogens with zero attached hydrogens (tertiary/aromatic N) is 1. The molecule has 1 aliphatic rings. The summed E-state index contributed by atoms with van der Waals surface area (Å²) in [5, 5.41) is 0.297. The summed E-state index contributed by atoms with van der Waals surface area (Å²) in [5.74, 6) is -0.406. The normalized spacial score (nSPS) is 15.6. The van der Waals surface area contributed by atoms with E-state index in [2.05, 4.69) is 0 Å². The lowest BCUT2D eigenvalue weighted by atomic mass is 9.97. The molecule has 3 aromatic carbocycles. The molecule has 4 aromatic rings. The molecule has 0 radical (unpaired) electrons. The van der Waals surface area contributed by atoms with Crippen LogP contribution in [0.4, 0.5) is 18.9 Å². The van der Waals surface area contributed by atoms with Gasteiger partial charge in [0.25, 0.3) is 5.91 Å². The molecule has 0 aliphatic carbocycles. The molecule has 8 heteroatoms. The molecule has 5 rings (SSSR count). The number of fused-ring (bicyclic) bond motifs is 2. The molecule has 172 valence electrons. The summed E-state index contributed by atoms with van der Waals surface area (Å²) >= 11 is 0.